The first kappa shape index (κ1) is 16.7. The highest BCUT2D eigenvalue weighted by atomic mass is 35.5. The van der Waals surface area contributed by atoms with E-state index in [1.54, 1.807) is 12.1 Å². The summed E-state index contributed by atoms with van der Waals surface area (Å²) < 4.78 is 53.1. The van der Waals surface area contributed by atoms with Crippen LogP contribution in [0.3, 0.4) is 0 Å². The van der Waals surface area contributed by atoms with Crippen LogP contribution in [0.4, 0.5) is 14.5 Å². The quantitative estimate of drug-likeness (QED) is 0.718. The fraction of sp³-hybridized carbons (Fsp3) is 0.214. The molecule has 0 atom stereocenters. The molecule has 128 valence electrons. The van der Waals surface area contributed by atoms with E-state index in [9.17, 15) is 17.2 Å². The summed E-state index contributed by atoms with van der Waals surface area (Å²) in [5.74, 6) is 0. The Kier molecular flexibility index (Phi) is 4.22. The zero-order valence-electron chi connectivity index (χ0n) is 12.4. The number of sulfonamides is 1. The molecule has 0 saturated carbocycles. The van der Waals surface area contributed by atoms with E-state index in [0.717, 1.165) is 16.4 Å². The Hall–Kier alpha value is -2.13. The average molecular weight is 375 g/mol. The zero-order chi connectivity index (χ0) is 17.5. The van der Waals surface area contributed by atoms with Crippen molar-refractivity contribution in [2.45, 2.75) is 24.8 Å². The maximum Gasteiger partial charge on any atom is 0.264 e. The molecule has 6 nitrogen and oxygen atoms in total. The minimum Gasteiger partial charge on any atom is -0.360 e. The molecular formula is C14H13ClF2N4O2S. The standard InChI is InChI=1S/C14H13ClF2N4O2S/c1-8-2-3-9-10(4-8)18-6-12(9)24(22,23)20-11-5-19-21(14(11)15)7-13(16)17/h2-6,13,18,20H,7H2,1H3. The molecule has 0 aliphatic heterocycles. The number of fused-ring (bicyclic) bond motifs is 1. The van der Waals surface area contributed by atoms with Gasteiger partial charge in [-0.05, 0) is 18.6 Å². The number of nitrogens with zero attached hydrogens (tertiary/aromatic N) is 2. The van der Waals surface area contributed by atoms with Crippen molar-refractivity contribution < 1.29 is 17.2 Å². The molecule has 2 N–H and O–H groups in total. The van der Waals surface area contributed by atoms with Gasteiger partial charge in [-0.1, -0.05) is 23.7 Å². The second-order valence-electron chi connectivity index (χ2n) is 5.23. The Balaban J connectivity index is 1.95. The topological polar surface area (TPSA) is 79.8 Å². The molecule has 0 bridgehead atoms. The summed E-state index contributed by atoms with van der Waals surface area (Å²) in [4.78, 5) is 2.93. The number of alkyl halides is 2. The van der Waals surface area contributed by atoms with E-state index in [2.05, 4.69) is 14.8 Å². The van der Waals surface area contributed by atoms with E-state index >= 15 is 0 Å². The number of aromatic nitrogens is 3. The van der Waals surface area contributed by atoms with Crippen LogP contribution in [0, 0.1) is 6.92 Å². The smallest absolute Gasteiger partial charge is 0.264 e. The highest BCUT2D eigenvalue weighted by Gasteiger charge is 2.22. The van der Waals surface area contributed by atoms with E-state index in [-0.39, 0.29) is 15.7 Å². The maximum absolute atomic E-state index is 12.6. The van der Waals surface area contributed by atoms with Gasteiger partial charge in [-0.2, -0.15) is 5.10 Å². The van der Waals surface area contributed by atoms with Crippen molar-refractivity contribution in [2.75, 3.05) is 4.72 Å². The minimum absolute atomic E-state index is 0.0372. The lowest BCUT2D eigenvalue weighted by atomic mass is 10.2. The number of nitrogens with one attached hydrogen (secondary N) is 2. The van der Waals surface area contributed by atoms with Crippen molar-refractivity contribution in [3.63, 3.8) is 0 Å². The van der Waals surface area contributed by atoms with Crippen molar-refractivity contribution in [2.24, 2.45) is 0 Å². The molecule has 0 saturated heterocycles. The molecule has 0 radical (unpaired) electrons. The normalized spacial score (nSPS) is 12.2. The highest BCUT2D eigenvalue weighted by molar-refractivity contribution is 7.93. The van der Waals surface area contributed by atoms with Crippen molar-refractivity contribution >= 4 is 38.2 Å². The summed E-state index contributed by atoms with van der Waals surface area (Å²) in [5.41, 5.74) is 1.60. The van der Waals surface area contributed by atoms with Gasteiger partial charge in [-0.3, -0.25) is 4.72 Å². The van der Waals surface area contributed by atoms with E-state index in [0.29, 0.717) is 10.9 Å². The van der Waals surface area contributed by atoms with Crippen molar-refractivity contribution in [1.82, 2.24) is 14.8 Å². The summed E-state index contributed by atoms with van der Waals surface area (Å²) in [5, 5.41) is 3.98. The van der Waals surface area contributed by atoms with Crippen LogP contribution in [-0.4, -0.2) is 29.6 Å². The molecular weight excluding hydrogens is 362 g/mol. The number of rotatable bonds is 5. The third-order valence-corrected chi connectivity index (χ3v) is 5.22. The van der Waals surface area contributed by atoms with E-state index in [1.807, 2.05) is 13.0 Å². The van der Waals surface area contributed by atoms with Gasteiger partial charge in [-0.25, -0.2) is 21.9 Å². The number of anilines is 1. The lowest BCUT2D eigenvalue weighted by Gasteiger charge is -2.07. The molecule has 0 fully saturated rings. The third-order valence-electron chi connectivity index (χ3n) is 3.42. The Morgan fingerprint density at radius 2 is 2.17 bits per heavy atom. The number of aryl methyl sites for hydroxylation is 1. The first-order valence-electron chi connectivity index (χ1n) is 6.88. The molecule has 3 aromatic rings. The molecule has 0 amide bonds. The Morgan fingerprint density at radius 3 is 2.88 bits per heavy atom. The van der Waals surface area contributed by atoms with Gasteiger partial charge < -0.3 is 4.98 Å². The first-order valence-corrected chi connectivity index (χ1v) is 8.74. The van der Waals surface area contributed by atoms with Gasteiger partial charge in [0.25, 0.3) is 16.4 Å². The number of hydrogen-bond acceptors (Lipinski definition) is 3. The number of hydrogen-bond donors (Lipinski definition) is 2. The zero-order valence-corrected chi connectivity index (χ0v) is 14.0. The van der Waals surface area contributed by atoms with Crippen LogP contribution in [0.25, 0.3) is 10.9 Å². The summed E-state index contributed by atoms with van der Waals surface area (Å²) in [6.45, 7) is 1.18. The molecule has 3 rings (SSSR count). The monoisotopic (exact) mass is 374 g/mol. The number of benzene rings is 1. The second-order valence-corrected chi connectivity index (χ2v) is 7.24. The van der Waals surface area contributed by atoms with Crippen molar-refractivity contribution in [3.8, 4) is 0 Å². The number of H-pyrrole nitrogens is 1. The largest absolute Gasteiger partial charge is 0.360 e. The Labute approximate surface area is 141 Å². The van der Waals surface area contributed by atoms with Crippen LogP contribution in [0.2, 0.25) is 5.15 Å². The van der Waals surface area contributed by atoms with Gasteiger partial charge in [0, 0.05) is 17.1 Å². The van der Waals surface area contributed by atoms with Gasteiger partial charge >= 0.3 is 0 Å². The molecule has 0 spiro atoms. The predicted octanol–water partition coefficient (Wildman–Crippen LogP) is 3.39. The fourth-order valence-corrected chi connectivity index (χ4v) is 3.83. The van der Waals surface area contributed by atoms with Crippen LogP contribution in [-0.2, 0) is 16.6 Å². The van der Waals surface area contributed by atoms with Gasteiger partial charge in [0.2, 0.25) is 0 Å². The molecule has 1 aromatic carbocycles. The number of halogens is 3. The van der Waals surface area contributed by atoms with Gasteiger partial charge in [0.1, 0.15) is 17.1 Å². The van der Waals surface area contributed by atoms with Crippen LogP contribution >= 0.6 is 11.6 Å². The predicted molar refractivity (Wildman–Crippen MR) is 87.1 cm³/mol. The lowest BCUT2D eigenvalue weighted by Crippen LogP contribution is -2.13. The molecule has 0 aliphatic rings. The SMILES string of the molecule is Cc1ccc2c(S(=O)(=O)Nc3cnn(CC(F)F)c3Cl)c[nH]c2c1. The van der Waals surface area contributed by atoms with E-state index in [1.165, 1.54) is 6.20 Å². The maximum atomic E-state index is 12.6. The molecule has 2 heterocycles. The molecule has 0 unspecified atom stereocenters. The molecule has 2 aromatic heterocycles. The third kappa shape index (κ3) is 3.09. The van der Waals surface area contributed by atoms with Crippen LogP contribution in [0.15, 0.2) is 35.5 Å². The molecule has 10 heteroatoms. The summed E-state index contributed by atoms with van der Waals surface area (Å²) >= 11 is 5.91. The summed E-state index contributed by atoms with van der Waals surface area (Å²) in [6, 6.07) is 5.31. The van der Waals surface area contributed by atoms with Crippen LogP contribution in [0.5, 0.6) is 0 Å². The average Bonchev–Trinajstić information content (AvgIpc) is 3.05. The number of aromatic amines is 1. The molecule has 24 heavy (non-hydrogen) atoms. The van der Waals surface area contributed by atoms with Gasteiger partial charge in [0.05, 0.1) is 6.20 Å². The fourth-order valence-electron chi connectivity index (χ4n) is 2.33. The van der Waals surface area contributed by atoms with Gasteiger partial charge in [-0.15, -0.1) is 0 Å². The second kappa shape index (κ2) is 6.06. The summed E-state index contributed by atoms with van der Waals surface area (Å²) in [6.07, 6.45) is -0.186. The van der Waals surface area contributed by atoms with Crippen molar-refractivity contribution in [3.05, 3.63) is 41.3 Å². The lowest BCUT2D eigenvalue weighted by molar-refractivity contribution is 0.122. The van der Waals surface area contributed by atoms with Crippen molar-refractivity contribution in [1.29, 1.82) is 0 Å². The summed E-state index contributed by atoms with van der Waals surface area (Å²) in [7, 11) is -3.95. The van der Waals surface area contributed by atoms with E-state index in [4.69, 9.17) is 11.6 Å². The van der Waals surface area contributed by atoms with Crippen LogP contribution < -0.4 is 4.72 Å². The van der Waals surface area contributed by atoms with Gasteiger partial charge in [0.15, 0.2) is 5.15 Å². The molecule has 0 aliphatic carbocycles. The van der Waals surface area contributed by atoms with E-state index < -0.39 is 23.0 Å². The minimum atomic E-state index is -3.95. The Bertz CT molecular complexity index is 998. The Morgan fingerprint density at radius 1 is 1.42 bits per heavy atom. The van der Waals surface area contributed by atoms with Crippen LogP contribution in [0.1, 0.15) is 5.56 Å². The highest BCUT2D eigenvalue weighted by Crippen LogP contribution is 2.28. The first-order chi connectivity index (χ1) is 11.3.